The molecule has 3 heterocycles. The van der Waals surface area contributed by atoms with E-state index in [1.54, 1.807) is 24.3 Å². The molecule has 0 unspecified atom stereocenters. The normalized spacial score (nSPS) is 18.2. The second-order valence-corrected chi connectivity index (χ2v) is 7.44. The Balaban J connectivity index is 2.14. The van der Waals surface area contributed by atoms with Crippen LogP contribution in [0.2, 0.25) is 5.02 Å². The van der Waals surface area contributed by atoms with Gasteiger partial charge >= 0.3 is 6.97 Å². The molecule has 0 bridgehead atoms. The third kappa shape index (κ3) is 2.12. The number of allylic oxidation sites excluding steroid dienone is 2. The molecular weight excluding hydrogens is 471 g/mol. The number of rotatable bonds is 1. The first kappa shape index (κ1) is 16.2. The third-order valence-corrected chi connectivity index (χ3v) is 5.69. The highest BCUT2D eigenvalue weighted by Crippen LogP contribution is 2.43. The van der Waals surface area contributed by atoms with Crippen molar-refractivity contribution >= 4 is 60.6 Å². The van der Waals surface area contributed by atoms with Crippen molar-refractivity contribution < 1.29 is 17.5 Å². The molecule has 0 N–H and O–H groups in total. The summed E-state index contributed by atoms with van der Waals surface area (Å²) in [6.45, 7) is -4.10. The first-order valence-corrected chi connectivity index (χ1v) is 8.88. The quantitative estimate of drug-likeness (QED) is 0.485. The lowest BCUT2D eigenvalue weighted by molar-refractivity contribution is -0.358. The van der Waals surface area contributed by atoms with E-state index in [-0.39, 0.29) is 25.6 Å². The van der Waals surface area contributed by atoms with Gasteiger partial charge in [-0.05, 0) is 46.3 Å². The number of benzene rings is 1. The maximum atomic E-state index is 15.1. The lowest BCUT2D eigenvalue weighted by Gasteiger charge is -2.32. The molecule has 0 spiro atoms. The van der Waals surface area contributed by atoms with Crippen molar-refractivity contribution in [1.29, 1.82) is 0 Å². The van der Waals surface area contributed by atoms with Crippen LogP contribution in [0.5, 0.6) is 0 Å². The fourth-order valence-corrected chi connectivity index (χ4v) is 4.45. The van der Waals surface area contributed by atoms with Crippen LogP contribution in [0.3, 0.4) is 0 Å². The molecule has 0 saturated heterocycles. The number of fused-ring (bicyclic) bond motifs is 2. The molecule has 24 heavy (non-hydrogen) atoms. The molecule has 0 fully saturated rings. The first-order valence-electron chi connectivity index (χ1n) is 6.91. The molecule has 122 valence electrons. The standard InChI is InChI=1S/C15H7BBr2ClF3N2/c17-13-5-3-11-15(9-7-8(20)1-2-10(9)19)12-4-6-14(18)24(12)16(21,22)23(11)13/h1-7H. The van der Waals surface area contributed by atoms with Crippen molar-refractivity contribution in [3.05, 3.63) is 74.9 Å². The number of nitrogens with zero attached hydrogens (tertiary/aromatic N) is 2. The van der Waals surface area contributed by atoms with Crippen molar-refractivity contribution in [2.24, 2.45) is 0 Å². The van der Waals surface area contributed by atoms with E-state index in [2.05, 4.69) is 31.9 Å². The zero-order valence-corrected chi connectivity index (χ0v) is 15.7. The molecule has 1 aromatic heterocycles. The summed E-state index contributed by atoms with van der Waals surface area (Å²) in [5, 5.41) is 0.289. The molecule has 4 rings (SSSR count). The first-order chi connectivity index (χ1) is 11.3. The molecular formula is C15H7BBr2ClF3N2. The average Bonchev–Trinajstić information content (AvgIpc) is 3.08. The van der Waals surface area contributed by atoms with Crippen LogP contribution < -0.4 is 0 Å². The highest BCUT2D eigenvalue weighted by Gasteiger charge is 2.54. The molecule has 0 saturated carbocycles. The maximum Gasteiger partial charge on any atom is 0.738 e. The Labute approximate surface area is 157 Å². The minimum absolute atomic E-state index is 0.235. The van der Waals surface area contributed by atoms with Gasteiger partial charge in [-0.3, -0.25) is 0 Å². The summed E-state index contributed by atoms with van der Waals surface area (Å²) in [4.78, 5) is 0. The van der Waals surface area contributed by atoms with E-state index in [0.717, 1.165) is 8.96 Å². The van der Waals surface area contributed by atoms with Gasteiger partial charge in [-0.25, -0.2) is 4.39 Å². The van der Waals surface area contributed by atoms with Crippen LogP contribution in [-0.4, -0.2) is 20.6 Å². The Morgan fingerprint density at radius 1 is 1.08 bits per heavy atom. The Bertz CT molecular complexity index is 995. The van der Waals surface area contributed by atoms with Crippen LogP contribution >= 0.6 is 43.5 Å². The molecule has 2 nitrogen and oxygen atoms in total. The SMILES string of the molecule is Fc1ccc(Cl)c(C2=C3C=CC(Br)=[N+]3[B-](F)(F)n3c(Br)ccc32)c1. The monoisotopic (exact) mass is 476 g/mol. The number of aromatic nitrogens is 1. The predicted octanol–water partition coefficient (Wildman–Crippen LogP) is 5.41. The van der Waals surface area contributed by atoms with Gasteiger partial charge in [0, 0.05) is 44.4 Å². The van der Waals surface area contributed by atoms with Gasteiger partial charge in [-0.1, -0.05) is 11.6 Å². The Kier molecular flexibility index (Phi) is 3.64. The van der Waals surface area contributed by atoms with Crippen LogP contribution in [0.1, 0.15) is 11.3 Å². The molecule has 0 aliphatic carbocycles. The highest BCUT2D eigenvalue weighted by molar-refractivity contribution is 9.18. The fraction of sp³-hybridized carbons (Fsp3) is 0. The molecule has 9 heteroatoms. The van der Waals surface area contributed by atoms with Crippen molar-refractivity contribution in [3.63, 3.8) is 0 Å². The van der Waals surface area contributed by atoms with Crippen LogP contribution in [0.15, 0.2) is 52.8 Å². The Morgan fingerprint density at radius 2 is 1.83 bits per heavy atom. The average molecular weight is 478 g/mol. The van der Waals surface area contributed by atoms with Gasteiger partial charge in [-0.15, -0.1) is 0 Å². The Morgan fingerprint density at radius 3 is 2.58 bits per heavy atom. The third-order valence-electron chi connectivity index (χ3n) is 4.07. The maximum absolute atomic E-state index is 15.1. The van der Waals surface area contributed by atoms with Crippen LogP contribution in [0, 0.1) is 5.82 Å². The number of halogens is 6. The molecule has 2 aromatic rings. The zero-order valence-electron chi connectivity index (χ0n) is 11.8. The second kappa shape index (κ2) is 5.38. The van der Waals surface area contributed by atoms with Gasteiger partial charge in [0.05, 0.1) is 10.2 Å². The predicted molar refractivity (Wildman–Crippen MR) is 96.3 cm³/mol. The summed E-state index contributed by atoms with van der Waals surface area (Å²) in [6, 6.07) is 7.02. The van der Waals surface area contributed by atoms with E-state index >= 15 is 8.63 Å². The molecule has 1 aromatic carbocycles. The highest BCUT2D eigenvalue weighted by atomic mass is 79.9. The van der Waals surface area contributed by atoms with E-state index < -0.39 is 12.8 Å². The van der Waals surface area contributed by atoms with Crippen LogP contribution in [0.4, 0.5) is 13.0 Å². The largest absolute Gasteiger partial charge is 0.738 e. The molecule has 2 aliphatic heterocycles. The molecule has 0 amide bonds. The summed E-state index contributed by atoms with van der Waals surface area (Å²) >= 11 is 12.6. The van der Waals surface area contributed by atoms with Crippen molar-refractivity contribution in [3.8, 4) is 0 Å². The van der Waals surface area contributed by atoms with Crippen LogP contribution in [0.25, 0.3) is 5.57 Å². The van der Waals surface area contributed by atoms with Gasteiger partial charge in [0.1, 0.15) is 5.82 Å². The van der Waals surface area contributed by atoms with Gasteiger partial charge in [0.25, 0.3) is 0 Å². The van der Waals surface area contributed by atoms with E-state index in [1.165, 1.54) is 18.2 Å². The topological polar surface area (TPSA) is 7.94 Å². The minimum Gasteiger partial charge on any atom is -0.389 e. The van der Waals surface area contributed by atoms with Gasteiger partial charge in [0.2, 0.25) is 4.62 Å². The van der Waals surface area contributed by atoms with E-state index in [9.17, 15) is 4.39 Å². The summed E-state index contributed by atoms with van der Waals surface area (Å²) in [5.41, 5.74) is 1.36. The Hall–Kier alpha value is -1.25. The number of hydrogen-bond donors (Lipinski definition) is 0. The smallest absolute Gasteiger partial charge is 0.389 e. The number of hydrogen-bond acceptors (Lipinski definition) is 0. The molecule has 2 aliphatic rings. The van der Waals surface area contributed by atoms with E-state index in [4.69, 9.17) is 11.6 Å². The van der Waals surface area contributed by atoms with Crippen LogP contribution in [-0.2, 0) is 0 Å². The summed E-state index contributed by atoms with van der Waals surface area (Å²) < 4.78 is 46.2. The van der Waals surface area contributed by atoms with Crippen molar-refractivity contribution in [2.45, 2.75) is 0 Å². The second-order valence-electron chi connectivity index (χ2n) is 5.41. The zero-order chi connectivity index (χ0) is 17.2. The van der Waals surface area contributed by atoms with Gasteiger partial charge in [0.15, 0.2) is 5.70 Å². The fourth-order valence-electron chi connectivity index (χ4n) is 3.10. The lowest BCUT2D eigenvalue weighted by Crippen LogP contribution is -2.50. The van der Waals surface area contributed by atoms with E-state index in [0.29, 0.717) is 11.1 Å². The van der Waals surface area contributed by atoms with Crippen molar-refractivity contribution in [2.75, 3.05) is 0 Å². The summed E-state index contributed by atoms with van der Waals surface area (Å²) in [6.07, 6.45) is 3.11. The molecule has 0 atom stereocenters. The van der Waals surface area contributed by atoms with E-state index in [1.807, 2.05) is 0 Å². The molecule has 0 radical (unpaired) electrons. The lowest BCUT2D eigenvalue weighted by atomic mass is 9.86. The van der Waals surface area contributed by atoms with Gasteiger partial charge in [-0.2, -0.15) is 0 Å². The van der Waals surface area contributed by atoms with Gasteiger partial charge < -0.3 is 17.6 Å². The minimum atomic E-state index is -4.10. The summed E-state index contributed by atoms with van der Waals surface area (Å²) in [7, 11) is 0. The van der Waals surface area contributed by atoms with Crippen molar-refractivity contribution in [1.82, 2.24) is 4.48 Å². The summed E-state index contributed by atoms with van der Waals surface area (Å²) in [5.74, 6) is -0.487.